The van der Waals surface area contributed by atoms with Crippen molar-refractivity contribution in [3.63, 3.8) is 0 Å². The van der Waals surface area contributed by atoms with E-state index in [-0.39, 0.29) is 0 Å². The van der Waals surface area contributed by atoms with E-state index >= 15 is 0 Å². The molecule has 0 bridgehead atoms. The van der Waals surface area contributed by atoms with Gasteiger partial charge in [-0.1, -0.05) is 6.07 Å². The minimum absolute atomic E-state index is 0.691. The molecule has 0 aromatic carbocycles. The molecule has 0 spiro atoms. The molecule has 0 unspecified atom stereocenters. The molecule has 1 saturated carbocycles. The van der Waals surface area contributed by atoms with Crippen molar-refractivity contribution in [2.45, 2.75) is 38.3 Å². The van der Waals surface area contributed by atoms with Crippen LogP contribution in [0, 0.1) is 0 Å². The Balaban J connectivity index is 1.40. The zero-order valence-electron chi connectivity index (χ0n) is 11.6. The average Bonchev–Trinajstić information content (AvgIpc) is 3.26. The van der Waals surface area contributed by atoms with Crippen LogP contribution in [0.5, 0.6) is 0 Å². The third-order valence-electron chi connectivity index (χ3n) is 4.21. The first-order chi connectivity index (χ1) is 9.90. The van der Waals surface area contributed by atoms with Gasteiger partial charge in [-0.25, -0.2) is 0 Å². The SMILES string of the molecule is c1ccc(CCN2CCn3c(nnc3C3CC3)C2)nc1. The summed E-state index contributed by atoms with van der Waals surface area (Å²) in [6.07, 6.45) is 5.46. The van der Waals surface area contributed by atoms with E-state index in [1.807, 2.05) is 12.3 Å². The fraction of sp³-hybridized carbons (Fsp3) is 0.533. The number of nitrogens with zero attached hydrogens (tertiary/aromatic N) is 5. The summed E-state index contributed by atoms with van der Waals surface area (Å²) < 4.78 is 2.34. The summed E-state index contributed by atoms with van der Waals surface area (Å²) in [6, 6.07) is 6.11. The molecular formula is C15H19N5. The van der Waals surface area contributed by atoms with E-state index in [1.54, 1.807) is 0 Å². The van der Waals surface area contributed by atoms with Gasteiger partial charge in [0.2, 0.25) is 0 Å². The van der Waals surface area contributed by atoms with Gasteiger partial charge in [0.1, 0.15) is 11.6 Å². The van der Waals surface area contributed by atoms with E-state index in [2.05, 4.69) is 36.8 Å². The Bertz CT molecular complexity index is 588. The van der Waals surface area contributed by atoms with E-state index < -0.39 is 0 Å². The van der Waals surface area contributed by atoms with Crippen molar-refractivity contribution in [1.29, 1.82) is 0 Å². The van der Waals surface area contributed by atoms with Crippen molar-refractivity contribution >= 4 is 0 Å². The smallest absolute Gasteiger partial charge is 0.147 e. The monoisotopic (exact) mass is 269 g/mol. The molecule has 0 atom stereocenters. The zero-order chi connectivity index (χ0) is 13.4. The van der Waals surface area contributed by atoms with Gasteiger partial charge in [0.25, 0.3) is 0 Å². The van der Waals surface area contributed by atoms with E-state index in [4.69, 9.17) is 0 Å². The normalized spacial score (nSPS) is 19.0. The first-order valence-corrected chi connectivity index (χ1v) is 7.44. The Morgan fingerprint density at radius 3 is 2.90 bits per heavy atom. The quantitative estimate of drug-likeness (QED) is 0.846. The fourth-order valence-corrected chi connectivity index (χ4v) is 2.88. The van der Waals surface area contributed by atoms with Crippen molar-refractivity contribution in [2.75, 3.05) is 13.1 Å². The van der Waals surface area contributed by atoms with Gasteiger partial charge in [-0.15, -0.1) is 10.2 Å². The van der Waals surface area contributed by atoms with Gasteiger partial charge in [-0.05, 0) is 25.0 Å². The van der Waals surface area contributed by atoms with Crippen molar-refractivity contribution in [3.05, 3.63) is 41.7 Å². The number of fused-ring (bicyclic) bond motifs is 1. The second-order valence-electron chi connectivity index (χ2n) is 5.75. The zero-order valence-corrected chi connectivity index (χ0v) is 11.6. The highest BCUT2D eigenvalue weighted by Gasteiger charge is 2.31. The van der Waals surface area contributed by atoms with Gasteiger partial charge in [-0.3, -0.25) is 9.88 Å². The number of pyridine rings is 1. The van der Waals surface area contributed by atoms with Crippen LogP contribution in [0.3, 0.4) is 0 Å². The van der Waals surface area contributed by atoms with E-state index in [1.165, 1.54) is 24.4 Å². The maximum atomic E-state index is 4.39. The summed E-state index contributed by atoms with van der Waals surface area (Å²) in [6.45, 7) is 4.10. The lowest BCUT2D eigenvalue weighted by molar-refractivity contribution is 0.217. The minimum Gasteiger partial charge on any atom is -0.312 e. The molecule has 2 aromatic heterocycles. The van der Waals surface area contributed by atoms with Crippen molar-refractivity contribution < 1.29 is 0 Å². The second kappa shape index (κ2) is 4.98. The third kappa shape index (κ3) is 2.33. The summed E-state index contributed by atoms with van der Waals surface area (Å²) in [4.78, 5) is 6.84. The van der Waals surface area contributed by atoms with Crippen LogP contribution in [-0.4, -0.2) is 37.7 Å². The molecule has 5 heteroatoms. The minimum atomic E-state index is 0.691. The van der Waals surface area contributed by atoms with Crippen LogP contribution in [0.4, 0.5) is 0 Å². The lowest BCUT2D eigenvalue weighted by atomic mass is 10.2. The van der Waals surface area contributed by atoms with Crippen LogP contribution in [-0.2, 0) is 19.5 Å². The third-order valence-corrected chi connectivity index (χ3v) is 4.21. The molecule has 20 heavy (non-hydrogen) atoms. The Hall–Kier alpha value is -1.75. The van der Waals surface area contributed by atoms with Gasteiger partial charge in [-0.2, -0.15) is 0 Å². The summed E-state index contributed by atoms with van der Waals surface area (Å²) >= 11 is 0. The van der Waals surface area contributed by atoms with Gasteiger partial charge in [0.05, 0.1) is 6.54 Å². The topological polar surface area (TPSA) is 46.8 Å². The van der Waals surface area contributed by atoms with Gasteiger partial charge >= 0.3 is 0 Å². The molecule has 2 aromatic rings. The molecule has 5 nitrogen and oxygen atoms in total. The molecule has 3 heterocycles. The summed E-state index contributed by atoms with van der Waals surface area (Å²) in [7, 11) is 0. The van der Waals surface area contributed by atoms with Gasteiger partial charge in [0, 0.05) is 43.9 Å². The van der Waals surface area contributed by atoms with Crippen LogP contribution in [0.15, 0.2) is 24.4 Å². The number of aromatic nitrogens is 4. The Morgan fingerprint density at radius 1 is 1.15 bits per heavy atom. The number of hydrogen-bond donors (Lipinski definition) is 0. The van der Waals surface area contributed by atoms with Crippen molar-refractivity contribution in [2.24, 2.45) is 0 Å². The standard InChI is InChI=1S/C15H19N5/c1-2-7-16-13(3-1)6-8-19-9-10-20-14(11-19)17-18-15(20)12-4-5-12/h1-3,7,12H,4-6,8-11H2. The van der Waals surface area contributed by atoms with Crippen molar-refractivity contribution in [3.8, 4) is 0 Å². The molecule has 1 aliphatic carbocycles. The lowest BCUT2D eigenvalue weighted by Crippen LogP contribution is -2.35. The van der Waals surface area contributed by atoms with E-state index in [9.17, 15) is 0 Å². The molecule has 1 aliphatic heterocycles. The predicted molar refractivity (Wildman–Crippen MR) is 75.2 cm³/mol. The largest absolute Gasteiger partial charge is 0.312 e. The first kappa shape index (κ1) is 12.0. The Morgan fingerprint density at radius 2 is 2.10 bits per heavy atom. The van der Waals surface area contributed by atoms with Crippen LogP contribution in [0.1, 0.15) is 36.1 Å². The fourth-order valence-electron chi connectivity index (χ4n) is 2.88. The van der Waals surface area contributed by atoms with Gasteiger partial charge in [0.15, 0.2) is 0 Å². The first-order valence-electron chi connectivity index (χ1n) is 7.44. The van der Waals surface area contributed by atoms with Gasteiger partial charge < -0.3 is 4.57 Å². The molecular weight excluding hydrogens is 250 g/mol. The van der Waals surface area contributed by atoms with E-state index in [0.29, 0.717) is 5.92 Å². The van der Waals surface area contributed by atoms with Crippen molar-refractivity contribution in [1.82, 2.24) is 24.6 Å². The molecule has 1 fully saturated rings. The molecule has 0 radical (unpaired) electrons. The molecule has 104 valence electrons. The number of hydrogen-bond acceptors (Lipinski definition) is 4. The summed E-state index contributed by atoms with van der Waals surface area (Å²) in [5.74, 6) is 3.06. The van der Waals surface area contributed by atoms with Crippen LogP contribution in [0.25, 0.3) is 0 Å². The van der Waals surface area contributed by atoms with Crippen LogP contribution < -0.4 is 0 Å². The molecule has 4 rings (SSSR count). The Labute approximate surface area is 118 Å². The highest BCUT2D eigenvalue weighted by Crippen LogP contribution is 2.39. The number of rotatable bonds is 4. The van der Waals surface area contributed by atoms with E-state index in [0.717, 1.165) is 38.4 Å². The lowest BCUT2D eigenvalue weighted by Gasteiger charge is -2.27. The Kier molecular flexibility index (Phi) is 2.99. The highest BCUT2D eigenvalue weighted by atomic mass is 15.3. The van der Waals surface area contributed by atoms with Crippen LogP contribution >= 0.6 is 0 Å². The molecule has 2 aliphatic rings. The van der Waals surface area contributed by atoms with Crippen LogP contribution in [0.2, 0.25) is 0 Å². The predicted octanol–water partition coefficient (Wildman–Crippen LogP) is 1.61. The highest BCUT2D eigenvalue weighted by molar-refractivity contribution is 5.10. The molecule has 0 N–H and O–H groups in total. The second-order valence-corrected chi connectivity index (χ2v) is 5.75. The maximum Gasteiger partial charge on any atom is 0.147 e. The average molecular weight is 269 g/mol. The molecule has 0 amide bonds. The summed E-state index contributed by atoms with van der Waals surface area (Å²) in [5.41, 5.74) is 1.17. The summed E-state index contributed by atoms with van der Waals surface area (Å²) in [5, 5.41) is 8.77. The molecule has 0 saturated heterocycles. The maximum absolute atomic E-state index is 4.39.